The van der Waals surface area contributed by atoms with Crippen molar-refractivity contribution in [2.75, 3.05) is 25.5 Å². The molecule has 0 saturated carbocycles. The van der Waals surface area contributed by atoms with E-state index >= 15 is 0 Å². The van der Waals surface area contributed by atoms with E-state index in [4.69, 9.17) is 4.74 Å². The van der Waals surface area contributed by atoms with Gasteiger partial charge in [-0.2, -0.15) is 0 Å². The van der Waals surface area contributed by atoms with Crippen molar-refractivity contribution in [2.24, 2.45) is 0 Å². The predicted molar refractivity (Wildman–Crippen MR) is 74.9 cm³/mol. The maximum atomic E-state index is 12.2. The van der Waals surface area contributed by atoms with E-state index in [1.807, 2.05) is 19.9 Å². The van der Waals surface area contributed by atoms with Gasteiger partial charge < -0.3 is 10.1 Å². The molecule has 6 heteroatoms. The molecule has 1 aliphatic heterocycles. The van der Waals surface area contributed by atoms with Crippen LogP contribution in [0.5, 0.6) is 0 Å². The summed E-state index contributed by atoms with van der Waals surface area (Å²) >= 11 is 0. The smallest absolute Gasteiger partial charge is 0.240 e. The number of ether oxygens (including phenoxy) is 1. The summed E-state index contributed by atoms with van der Waals surface area (Å²) in [5.74, 6) is 0. The van der Waals surface area contributed by atoms with Gasteiger partial charge in [0.2, 0.25) is 10.0 Å². The summed E-state index contributed by atoms with van der Waals surface area (Å²) < 4.78 is 32.2. The summed E-state index contributed by atoms with van der Waals surface area (Å²) in [7, 11) is -1.93. The number of anilines is 1. The largest absolute Gasteiger partial charge is 0.384 e. The maximum Gasteiger partial charge on any atom is 0.240 e. The van der Waals surface area contributed by atoms with Gasteiger partial charge in [-0.3, -0.25) is 0 Å². The Kier molecular flexibility index (Phi) is 3.85. The van der Waals surface area contributed by atoms with Crippen molar-refractivity contribution in [3.05, 3.63) is 23.8 Å². The van der Waals surface area contributed by atoms with Crippen LogP contribution in [0.3, 0.4) is 0 Å². The molecule has 5 nitrogen and oxygen atoms in total. The lowest BCUT2D eigenvalue weighted by atomic mass is 10.1. The normalized spacial score (nSPS) is 15.1. The monoisotopic (exact) mass is 284 g/mol. The van der Waals surface area contributed by atoms with Crippen LogP contribution in [0.15, 0.2) is 23.1 Å². The van der Waals surface area contributed by atoms with Gasteiger partial charge >= 0.3 is 0 Å². The zero-order valence-corrected chi connectivity index (χ0v) is 12.3. The molecule has 0 radical (unpaired) electrons. The Morgan fingerprint density at radius 1 is 1.42 bits per heavy atom. The van der Waals surface area contributed by atoms with Crippen LogP contribution in [0.4, 0.5) is 5.69 Å². The Hall–Kier alpha value is -1.11. The molecule has 106 valence electrons. The summed E-state index contributed by atoms with van der Waals surface area (Å²) in [6.45, 7) is 4.76. The fourth-order valence-corrected chi connectivity index (χ4v) is 3.09. The minimum atomic E-state index is -3.50. The fraction of sp³-hybridized carbons (Fsp3) is 0.538. The van der Waals surface area contributed by atoms with E-state index in [1.165, 1.54) is 0 Å². The van der Waals surface area contributed by atoms with Crippen molar-refractivity contribution in [3.63, 3.8) is 0 Å². The number of sulfonamides is 1. The molecule has 19 heavy (non-hydrogen) atoms. The van der Waals surface area contributed by atoms with Gasteiger partial charge in [-0.25, -0.2) is 13.1 Å². The first-order chi connectivity index (χ1) is 8.84. The second-order valence-electron chi connectivity index (χ2n) is 5.28. The number of rotatable bonds is 5. The number of methoxy groups -OCH3 is 1. The molecule has 0 aliphatic carbocycles. The van der Waals surface area contributed by atoms with Gasteiger partial charge in [0, 0.05) is 25.9 Å². The van der Waals surface area contributed by atoms with Gasteiger partial charge in [0.15, 0.2) is 0 Å². The van der Waals surface area contributed by atoms with Gasteiger partial charge in [-0.05, 0) is 38.0 Å². The highest BCUT2D eigenvalue weighted by Crippen LogP contribution is 2.25. The molecule has 2 rings (SSSR count). The van der Waals surface area contributed by atoms with Crippen LogP contribution >= 0.6 is 0 Å². The lowest BCUT2D eigenvalue weighted by molar-refractivity contribution is 0.0276. The highest BCUT2D eigenvalue weighted by Gasteiger charge is 2.23. The second kappa shape index (κ2) is 5.11. The summed E-state index contributed by atoms with van der Waals surface area (Å²) in [5, 5.41) is 3.18. The Labute approximate surface area is 114 Å². The Bertz CT molecular complexity index is 567. The van der Waals surface area contributed by atoms with Crippen molar-refractivity contribution in [2.45, 2.75) is 30.8 Å². The molecule has 1 heterocycles. The van der Waals surface area contributed by atoms with E-state index in [0.717, 1.165) is 24.2 Å². The molecule has 0 unspecified atom stereocenters. The summed E-state index contributed by atoms with van der Waals surface area (Å²) in [6, 6.07) is 5.20. The highest BCUT2D eigenvalue weighted by atomic mass is 32.2. The van der Waals surface area contributed by atoms with E-state index < -0.39 is 15.6 Å². The Morgan fingerprint density at radius 3 is 2.84 bits per heavy atom. The third-order valence-corrected chi connectivity index (χ3v) is 4.74. The zero-order valence-electron chi connectivity index (χ0n) is 11.5. The Balaban J connectivity index is 2.16. The standard InChI is InChI=1S/C13H20N2O3S/c1-13(2,18-3)9-15-19(16,17)11-5-4-10-6-7-14-12(10)8-11/h4-5,8,14-15H,6-7,9H2,1-3H3. The van der Waals surface area contributed by atoms with E-state index in [0.29, 0.717) is 0 Å². The minimum Gasteiger partial charge on any atom is -0.384 e. The zero-order chi connectivity index (χ0) is 14.1. The average molecular weight is 284 g/mol. The quantitative estimate of drug-likeness (QED) is 0.856. The van der Waals surface area contributed by atoms with Crippen LogP contribution in [0.1, 0.15) is 19.4 Å². The van der Waals surface area contributed by atoms with Gasteiger partial charge in [0.25, 0.3) is 0 Å². The third-order valence-electron chi connectivity index (χ3n) is 3.34. The number of benzene rings is 1. The summed E-state index contributed by atoms with van der Waals surface area (Å²) in [5.41, 5.74) is 1.55. The summed E-state index contributed by atoms with van der Waals surface area (Å²) in [4.78, 5) is 0.285. The first kappa shape index (κ1) is 14.3. The van der Waals surface area contributed by atoms with Crippen LogP contribution in [0.25, 0.3) is 0 Å². The molecule has 1 aromatic rings. The van der Waals surface area contributed by atoms with Gasteiger partial charge in [0.1, 0.15) is 0 Å². The third kappa shape index (κ3) is 3.26. The number of nitrogens with one attached hydrogen (secondary N) is 2. The molecular formula is C13H20N2O3S. The molecule has 0 atom stereocenters. The van der Waals surface area contributed by atoms with Crippen LogP contribution < -0.4 is 10.0 Å². The molecule has 1 aromatic carbocycles. The minimum absolute atomic E-state index is 0.232. The first-order valence-electron chi connectivity index (χ1n) is 6.26. The molecule has 0 saturated heterocycles. The number of hydrogen-bond donors (Lipinski definition) is 2. The van der Waals surface area contributed by atoms with Crippen LogP contribution in [0, 0.1) is 0 Å². The highest BCUT2D eigenvalue weighted by molar-refractivity contribution is 7.89. The van der Waals surface area contributed by atoms with Gasteiger partial charge in [-0.15, -0.1) is 0 Å². The van der Waals surface area contributed by atoms with Crippen molar-refractivity contribution in [1.29, 1.82) is 0 Å². The molecular weight excluding hydrogens is 264 g/mol. The van der Waals surface area contributed by atoms with E-state index in [9.17, 15) is 8.42 Å². The molecule has 0 amide bonds. The van der Waals surface area contributed by atoms with Crippen molar-refractivity contribution >= 4 is 15.7 Å². The van der Waals surface area contributed by atoms with Crippen LogP contribution in [0.2, 0.25) is 0 Å². The lowest BCUT2D eigenvalue weighted by Gasteiger charge is -2.23. The average Bonchev–Trinajstić information content (AvgIpc) is 2.84. The molecule has 0 fully saturated rings. The van der Waals surface area contributed by atoms with E-state index in [-0.39, 0.29) is 11.4 Å². The van der Waals surface area contributed by atoms with Gasteiger partial charge in [0.05, 0.1) is 10.5 Å². The molecule has 1 aliphatic rings. The van der Waals surface area contributed by atoms with Crippen molar-refractivity contribution < 1.29 is 13.2 Å². The Morgan fingerprint density at radius 2 is 2.16 bits per heavy atom. The van der Waals surface area contributed by atoms with Crippen LogP contribution in [-0.2, 0) is 21.2 Å². The number of hydrogen-bond acceptors (Lipinski definition) is 4. The van der Waals surface area contributed by atoms with E-state index in [2.05, 4.69) is 10.0 Å². The molecule has 0 aromatic heterocycles. The van der Waals surface area contributed by atoms with E-state index in [1.54, 1.807) is 19.2 Å². The number of fused-ring (bicyclic) bond motifs is 1. The van der Waals surface area contributed by atoms with Crippen LogP contribution in [-0.4, -0.2) is 34.2 Å². The fourth-order valence-electron chi connectivity index (χ4n) is 1.86. The molecule has 0 bridgehead atoms. The first-order valence-corrected chi connectivity index (χ1v) is 7.74. The molecule has 0 spiro atoms. The van der Waals surface area contributed by atoms with Crippen molar-refractivity contribution in [1.82, 2.24) is 4.72 Å². The SMILES string of the molecule is COC(C)(C)CNS(=O)(=O)c1ccc2c(c1)NCC2. The topological polar surface area (TPSA) is 67.4 Å². The maximum absolute atomic E-state index is 12.2. The van der Waals surface area contributed by atoms with Gasteiger partial charge in [-0.1, -0.05) is 6.07 Å². The van der Waals surface area contributed by atoms with Crippen molar-refractivity contribution in [3.8, 4) is 0 Å². The lowest BCUT2D eigenvalue weighted by Crippen LogP contribution is -2.39. The summed E-state index contributed by atoms with van der Waals surface area (Å²) in [6.07, 6.45) is 0.944. The molecule has 2 N–H and O–H groups in total. The second-order valence-corrected chi connectivity index (χ2v) is 7.05. The predicted octanol–water partition coefficient (Wildman–Crippen LogP) is 1.36.